The second kappa shape index (κ2) is 9.15. The molecule has 2 unspecified atom stereocenters. The second-order valence-electron chi connectivity index (χ2n) is 7.04. The van der Waals surface area contributed by atoms with Crippen LogP contribution >= 0.6 is 0 Å². The molecule has 31 heavy (non-hydrogen) atoms. The van der Waals surface area contributed by atoms with Gasteiger partial charge in [-0.15, -0.1) is 5.10 Å². The Morgan fingerprint density at radius 3 is 2.42 bits per heavy atom. The lowest BCUT2D eigenvalue weighted by atomic mass is 10.0. The van der Waals surface area contributed by atoms with E-state index in [4.69, 9.17) is 0 Å². The first-order chi connectivity index (χ1) is 14.7. The van der Waals surface area contributed by atoms with Gasteiger partial charge in [0.1, 0.15) is 11.9 Å². The molecular weight excluding hydrogens is 414 g/mol. The van der Waals surface area contributed by atoms with Gasteiger partial charge in [-0.05, 0) is 42.3 Å². The molecule has 0 aliphatic carbocycles. The molecule has 2 N–H and O–H groups in total. The van der Waals surface area contributed by atoms with Gasteiger partial charge in [0.2, 0.25) is 0 Å². The number of anilines is 2. The number of urea groups is 1. The number of aromatic nitrogens is 3. The number of para-hydroxylation sites is 1. The fourth-order valence-corrected chi connectivity index (χ4v) is 2.85. The molecule has 0 aliphatic rings. The number of nitrogens with one attached hydrogen (secondary N) is 2. The summed E-state index contributed by atoms with van der Waals surface area (Å²) in [5, 5.41) is 12.5. The lowest BCUT2D eigenvalue weighted by molar-refractivity contribution is -0.136. The van der Waals surface area contributed by atoms with E-state index in [9.17, 15) is 22.4 Å². The Labute approximate surface area is 176 Å². The molecule has 0 aliphatic heterocycles. The van der Waals surface area contributed by atoms with Crippen LogP contribution in [-0.2, 0) is 6.18 Å². The van der Waals surface area contributed by atoms with E-state index in [1.165, 1.54) is 29.1 Å². The van der Waals surface area contributed by atoms with Crippen molar-refractivity contribution >= 4 is 17.4 Å². The number of carbonyl (C=O) groups is 1. The van der Waals surface area contributed by atoms with Crippen LogP contribution in [-0.4, -0.2) is 21.0 Å². The smallest absolute Gasteiger partial charge is 0.308 e. The highest BCUT2D eigenvalue weighted by Crippen LogP contribution is 2.34. The minimum Gasteiger partial charge on any atom is -0.308 e. The van der Waals surface area contributed by atoms with Gasteiger partial charge in [-0.25, -0.2) is 13.9 Å². The highest BCUT2D eigenvalue weighted by molar-refractivity contribution is 6.00. The Bertz CT molecular complexity index is 1030. The van der Waals surface area contributed by atoms with Crippen molar-refractivity contribution in [3.63, 3.8) is 0 Å². The molecule has 0 spiro atoms. The number of carbonyl (C=O) groups excluding carboxylic acids is 1. The Balaban J connectivity index is 1.67. The van der Waals surface area contributed by atoms with E-state index in [0.717, 1.165) is 6.07 Å². The molecule has 1 heterocycles. The SMILES string of the molecule is CCC(C)C(F)c1cn(-c2ccc(NC(=O)Nc3ccccc3C(F)(F)F)cc2)nn1. The van der Waals surface area contributed by atoms with Crippen LogP contribution in [0.4, 0.5) is 33.7 Å². The first-order valence-electron chi connectivity index (χ1n) is 9.60. The number of amides is 2. The molecule has 1 aromatic heterocycles. The van der Waals surface area contributed by atoms with E-state index in [0.29, 0.717) is 17.8 Å². The molecule has 0 saturated carbocycles. The van der Waals surface area contributed by atoms with Gasteiger partial charge in [-0.2, -0.15) is 13.2 Å². The van der Waals surface area contributed by atoms with Crippen LogP contribution in [0.25, 0.3) is 5.69 Å². The molecule has 0 radical (unpaired) electrons. The highest BCUT2D eigenvalue weighted by Gasteiger charge is 2.33. The number of hydrogen-bond donors (Lipinski definition) is 2. The van der Waals surface area contributed by atoms with Crippen molar-refractivity contribution in [2.24, 2.45) is 5.92 Å². The monoisotopic (exact) mass is 435 g/mol. The first kappa shape index (κ1) is 22.3. The van der Waals surface area contributed by atoms with Crippen LogP contribution < -0.4 is 10.6 Å². The van der Waals surface area contributed by atoms with Gasteiger partial charge >= 0.3 is 12.2 Å². The van der Waals surface area contributed by atoms with Gasteiger partial charge in [-0.3, -0.25) is 0 Å². The molecule has 3 rings (SSSR count). The summed E-state index contributed by atoms with van der Waals surface area (Å²) in [6.07, 6.45) is -3.64. The Kier molecular flexibility index (Phi) is 6.57. The van der Waals surface area contributed by atoms with Crippen molar-refractivity contribution in [3.8, 4) is 5.69 Å². The van der Waals surface area contributed by atoms with Gasteiger partial charge in [0.15, 0.2) is 0 Å². The van der Waals surface area contributed by atoms with Crippen molar-refractivity contribution in [1.29, 1.82) is 0 Å². The standard InChI is InChI=1S/C21H21F4N5O/c1-3-13(2)19(22)18-12-30(29-28-18)15-10-8-14(9-11-15)26-20(31)27-17-7-5-4-6-16(17)21(23,24)25/h4-13,19H,3H2,1-2H3,(H2,26,27,31). The predicted molar refractivity (Wildman–Crippen MR) is 109 cm³/mol. The van der Waals surface area contributed by atoms with E-state index in [-0.39, 0.29) is 17.3 Å². The van der Waals surface area contributed by atoms with E-state index < -0.39 is 23.9 Å². The summed E-state index contributed by atoms with van der Waals surface area (Å²) in [6, 6.07) is 10.2. The molecule has 2 aromatic carbocycles. The molecule has 0 fully saturated rings. The fraction of sp³-hybridized carbons (Fsp3) is 0.286. The number of benzene rings is 2. The lowest BCUT2D eigenvalue weighted by Crippen LogP contribution is -2.21. The molecule has 6 nitrogen and oxygen atoms in total. The third kappa shape index (κ3) is 5.39. The van der Waals surface area contributed by atoms with Crippen molar-refractivity contribution in [1.82, 2.24) is 15.0 Å². The average Bonchev–Trinajstić information content (AvgIpc) is 3.23. The summed E-state index contributed by atoms with van der Waals surface area (Å²) in [4.78, 5) is 12.1. The molecule has 3 aromatic rings. The normalized spacial score (nSPS) is 13.5. The topological polar surface area (TPSA) is 71.8 Å². The van der Waals surface area contributed by atoms with Gasteiger partial charge in [0, 0.05) is 5.69 Å². The molecule has 164 valence electrons. The summed E-state index contributed by atoms with van der Waals surface area (Å²) in [7, 11) is 0. The quantitative estimate of drug-likeness (QED) is 0.468. The van der Waals surface area contributed by atoms with Crippen LogP contribution in [0.2, 0.25) is 0 Å². The maximum Gasteiger partial charge on any atom is 0.418 e. The van der Waals surface area contributed by atoms with Crippen LogP contribution in [0.5, 0.6) is 0 Å². The van der Waals surface area contributed by atoms with Gasteiger partial charge in [0.25, 0.3) is 0 Å². The first-order valence-corrected chi connectivity index (χ1v) is 9.60. The predicted octanol–water partition coefficient (Wildman–Crippen LogP) is 5.99. The third-order valence-electron chi connectivity index (χ3n) is 4.81. The Hall–Kier alpha value is -3.43. The van der Waals surface area contributed by atoms with Gasteiger partial charge in [0.05, 0.1) is 23.1 Å². The molecule has 0 bridgehead atoms. The van der Waals surface area contributed by atoms with Crippen LogP contribution in [0, 0.1) is 5.92 Å². The minimum absolute atomic E-state index is 0.183. The summed E-state index contributed by atoms with van der Waals surface area (Å²) >= 11 is 0. The van der Waals surface area contributed by atoms with Crippen molar-refractivity contribution in [2.75, 3.05) is 10.6 Å². The molecular formula is C21H21F4N5O. The number of alkyl halides is 4. The maximum absolute atomic E-state index is 14.3. The number of rotatable bonds is 6. The van der Waals surface area contributed by atoms with Crippen molar-refractivity contribution in [3.05, 3.63) is 66.0 Å². The van der Waals surface area contributed by atoms with Crippen molar-refractivity contribution in [2.45, 2.75) is 32.6 Å². The van der Waals surface area contributed by atoms with Crippen LogP contribution in [0.15, 0.2) is 54.7 Å². The van der Waals surface area contributed by atoms with Crippen LogP contribution in [0.3, 0.4) is 0 Å². The minimum atomic E-state index is -4.59. The van der Waals surface area contributed by atoms with E-state index in [2.05, 4.69) is 20.9 Å². The Morgan fingerprint density at radius 1 is 1.10 bits per heavy atom. The molecule has 2 amide bonds. The summed E-state index contributed by atoms with van der Waals surface area (Å²) in [6.45, 7) is 3.69. The molecule has 0 saturated heterocycles. The lowest BCUT2D eigenvalue weighted by Gasteiger charge is -2.14. The third-order valence-corrected chi connectivity index (χ3v) is 4.81. The zero-order chi connectivity index (χ0) is 22.6. The molecule has 2 atom stereocenters. The summed E-state index contributed by atoms with van der Waals surface area (Å²) in [5.41, 5.74) is -0.107. The van der Waals surface area contributed by atoms with Gasteiger partial charge in [-0.1, -0.05) is 37.6 Å². The highest BCUT2D eigenvalue weighted by atomic mass is 19.4. The Morgan fingerprint density at radius 2 is 1.77 bits per heavy atom. The number of halogens is 4. The van der Waals surface area contributed by atoms with E-state index >= 15 is 0 Å². The maximum atomic E-state index is 14.3. The number of nitrogens with zero attached hydrogens (tertiary/aromatic N) is 3. The zero-order valence-corrected chi connectivity index (χ0v) is 16.8. The fourth-order valence-electron chi connectivity index (χ4n) is 2.85. The summed E-state index contributed by atoms with van der Waals surface area (Å²) < 4.78 is 54.8. The number of hydrogen-bond acceptors (Lipinski definition) is 3. The average molecular weight is 435 g/mol. The van der Waals surface area contributed by atoms with E-state index in [1.807, 2.05) is 6.92 Å². The van der Waals surface area contributed by atoms with E-state index in [1.54, 1.807) is 31.2 Å². The largest absolute Gasteiger partial charge is 0.418 e. The van der Waals surface area contributed by atoms with Crippen LogP contribution in [0.1, 0.15) is 37.7 Å². The summed E-state index contributed by atoms with van der Waals surface area (Å²) in [5.74, 6) is -0.183. The van der Waals surface area contributed by atoms with Gasteiger partial charge < -0.3 is 10.6 Å². The van der Waals surface area contributed by atoms with Crippen molar-refractivity contribution < 1.29 is 22.4 Å². The second-order valence-corrected chi connectivity index (χ2v) is 7.04. The zero-order valence-electron chi connectivity index (χ0n) is 16.8. The molecule has 10 heteroatoms.